The predicted molar refractivity (Wildman–Crippen MR) is 130 cm³/mol. The van der Waals surface area contributed by atoms with Gasteiger partial charge in [0.1, 0.15) is 0 Å². The van der Waals surface area contributed by atoms with Gasteiger partial charge in [-0.05, 0) is 30.4 Å². The number of amides is 1. The third-order valence-corrected chi connectivity index (χ3v) is 6.84. The van der Waals surface area contributed by atoms with Crippen LogP contribution in [0.15, 0.2) is 60.7 Å². The monoisotopic (exact) mass is 451 g/mol. The van der Waals surface area contributed by atoms with Crippen LogP contribution in [-0.2, 0) is 22.6 Å². The fraction of sp³-hybridized carbons (Fsp3) is 0.519. The molecule has 0 bridgehead atoms. The average Bonchev–Trinajstić information content (AvgIpc) is 2.85. The number of carbonyl (C=O) groups is 1. The van der Waals surface area contributed by atoms with Gasteiger partial charge < -0.3 is 19.6 Å². The Morgan fingerprint density at radius 2 is 1.55 bits per heavy atom. The molecular weight excluding hydrogens is 414 g/mol. The Morgan fingerprint density at radius 1 is 0.939 bits per heavy atom. The van der Waals surface area contributed by atoms with E-state index in [1.165, 1.54) is 5.56 Å². The first-order chi connectivity index (χ1) is 16.1. The highest BCUT2D eigenvalue weighted by Gasteiger charge is 2.36. The topological polar surface area (TPSA) is 56.2 Å². The molecule has 6 nitrogen and oxygen atoms in total. The Bertz CT molecular complexity index is 855. The number of hydrogen-bond acceptors (Lipinski definition) is 5. The van der Waals surface area contributed by atoms with Gasteiger partial charge in [-0.1, -0.05) is 60.7 Å². The second-order valence-electron chi connectivity index (χ2n) is 9.40. The van der Waals surface area contributed by atoms with Crippen LogP contribution >= 0.6 is 0 Å². The van der Waals surface area contributed by atoms with Crippen LogP contribution in [0.25, 0.3) is 0 Å². The number of rotatable bonds is 8. The molecule has 4 rings (SSSR count). The van der Waals surface area contributed by atoms with Crippen LogP contribution in [-0.4, -0.2) is 83.8 Å². The number of carbonyl (C=O) groups excluding carboxylic acids is 1. The molecule has 0 spiro atoms. The van der Waals surface area contributed by atoms with Crippen molar-refractivity contribution < 1.29 is 14.6 Å². The van der Waals surface area contributed by atoms with Gasteiger partial charge in [-0.25, -0.2) is 0 Å². The molecule has 2 heterocycles. The molecule has 1 N–H and O–H groups in total. The third kappa shape index (κ3) is 6.87. The van der Waals surface area contributed by atoms with Crippen LogP contribution in [0.1, 0.15) is 30.4 Å². The van der Waals surface area contributed by atoms with Gasteiger partial charge in [-0.2, -0.15) is 0 Å². The van der Waals surface area contributed by atoms with Crippen LogP contribution in [0.2, 0.25) is 0 Å². The Labute approximate surface area is 197 Å². The van der Waals surface area contributed by atoms with Gasteiger partial charge in [0, 0.05) is 52.9 Å². The smallest absolute Gasteiger partial charge is 0.254 e. The molecule has 0 radical (unpaired) electrons. The van der Waals surface area contributed by atoms with Crippen molar-refractivity contribution >= 4 is 5.91 Å². The summed E-state index contributed by atoms with van der Waals surface area (Å²) in [5.41, 5.74) is 2.44. The maximum absolute atomic E-state index is 13.0. The van der Waals surface area contributed by atoms with Crippen molar-refractivity contribution in [3.8, 4) is 0 Å². The minimum atomic E-state index is -0.764. The highest BCUT2D eigenvalue weighted by atomic mass is 16.5. The Morgan fingerprint density at radius 3 is 2.21 bits per heavy atom. The van der Waals surface area contributed by atoms with Crippen LogP contribution < -0.4 is 0 Å². The Hall–Kier alpha value is -2.25. The highest BCUT2D eigenvalue weighted by Crippen LogP contribution is 2.24. The maximum Gasteiger partial charge on any atom is 0.254 e. The molecule has 2 aromatic rings. The van der Waals surface area contributed by atoms with Crippen LogP contribution in [0, 0.1) is 0 Å². The van der Waals surface area contributed by atoms with E-state index in [4.69, 9.17) is 4.74 Å². The van der Waals surface area contributed by atoms with E-state index in [0.29, 0.717) is 13.0 Å². The lowest BCUT2D eigenvalue weighted by molar-refractivity contribution is -0.168. The predicted octanol–water partition coefficient (Wildman–Crippen LogP) is 2.76. The zero-order valence-corrected chi connectivity index (χ0v) is 19.7. The van der Waals surface area contributed by atoms with Gasteiger partial charge in [0.2, 0.25) is 0 Å². The van der Waals surface area contributed by atoms with E-state index in [0.717, 1.165) is 57.7 Å². The highest BCUT2D eigenvalue weighted by molar-refractivity contribution is 5.81. The maximum atomic E-state index is 13.0. The van der Waals surface area contributed by atoms with E-state index in [1.807, 2.05) is 30.3 Å². The second kappa shape index (κ2) is 11.7. The van der Waals surface area contributed by atoms with Crippen molar-refractivity contribution in [2.75, 3.05) is 39.8 Å². The second-order valence-corrected chi connectivity index (χ2v) is 9.40. The molecule has 0 saturated carbocycles. The van der Waals surface area contributed by atoms with E-state index in [9.17, 15) is 9.90 Å². The first-order valence-electron chi connectivity index (χ1n) is 12.2. The van der Waals surface area contributed by atoms with Crippen LogP contribution in [0.3, 0.4) is 0 Å². The number of benzene rings is 2. The molecule has 3 unspecified atom stereocenters. The average molecular weight is 452 g/mol. The van der Waals surface area contributed by atoms with Crippen LogP contribution in [0.4, 0.5) is 0 Å². The molecule has 2 aromatic carbocycles. The summed E-state index contributed by atoms with van der Waals surface area (Å²) in [6, 6.07) is 20.6. The minimum absolute atomic E-state index is 0.0230. The number of likely N-dealkylation sites (N-methyl/N-ethyl adjacent to an activating group) is 1. The molecule has 33 heavy (non-hydrogen) atoms. The van der Waals surface area contributed by atoms with Gasteiger partial charge in [-0.3, -0.25) is 9.69 Å². The minimum Gasteiger partial charge on any atom is -0.390 e. The number of aliphatic hydroxyl groups excluding tert-OH is 1. The first-order valence-corrected chi connectivity index (χ1v) is 12.2. The van der Waals surface area contributed by atoms with Crippen LogP contribution in [0.5, 0.6) is 0 Å². The SMILES string of the molecule is CN(Cc1ccccc1)C(=O)C1OC(CCN2CCN(Cc3ccccc3)CC2)CCC1O. The van der Waals surface area contributed by atoms with E-state index >= 15 is 0 Å². The van der Waals surface area contributed by atoms with Crippen molar-refractivity contribution in [2.45, 2.75) is 50.7 Å². The zero-order chi connectivity index (χ0) is 23.0. The third-order valence-electron chi connectivity index (χ3n) is 6.84. The van der Waals surface area contributed by atoms with E-state index in [-0.39, 0.29) is 12.0 Å². The molecule has 6 heteroatoms. The lowest BCUT2D eigenvalue weighted by atomic mass is 9.98. The summed E-state index contributed by atoms with van der Waals surface area (Å²) in [5, 5.41) is 10.5. The number of piperazine rings is 1. The fourth-order valence-electron chi connectivity index (χ4n) is 4.80. The quantitative estimate of drug-likeness (QED) is 0.669. The normalized spacial score (nSPS) is 24.5. The molecule has 1 amide bonds. The van der Waals surface area contributed by atoms with E-state index in [1.54, 1.807) is 11.9 Å². The summed E-state index contributed by atoms with van der Waals surface area (Å²) in [6.07, 6.45) is 0.854. The Balaban J connectivity index is 1.20. The van der Waals surface area contributed by atoms with Crippen molar-refractivity contribution in [3.05, 3.63) is 71.8 Å². The van der Waals surface area contributed by atoms with Gasteiger partial charge >= 0.3 is 0 Å². The molecule has 2 aliphatic heterocycles. The van der Waals surface area contributed by atoms with Crippen molar-refractivity contribution in [1.29, 1.82) is 0 Å². The largest absolute Gasteiger partial charge is 0.390 e. The Kier molecular flexibility index (Phi) is 8.51. The standard InChI is InChI=1S/C27H37N3O3/c1-28(20-22-8-4-2-5-9-22)27(32)26-25(31)13-12-24(33-26)14-15-29-16-18-30(19-17-29)21-23-10-6-3-7-11-23/h2-11,24-26,31H,12-21H2,1H3. The van der Waals surface area contributed by atoms with Crippen molar-refractivity contribution in [1.82, 2.24) is 14.7 Å². The van der Waals surface area contributed by atoms with Gasteiger partial charge in [-0.15, -0.1) is 0 Å². The van der Waals surface area contributed by atoms with Gasteiger partial charge in [0.25, 0.3) is 5.91 Å². The lowest BCUT2D eigenvalue weighted by Gasteiger charge is -2.38. The number of ether oxygens (including phenoxy) is 1. The van der Waals surface area contributed by atoms with E-state index < -0.39 is 12.2 Å². The summed E-state index contributed by atoms with van der Waals surface area (Å²) < 4.78 is 6.13. The number of aliphatic hydroxyl groups is 1. The summed E-state index contributed by atoms with van der Waals surface area (Å²) in [6.45, 7) is 6.77. The number of hydrogen-bond donors (Lipinski definition) is 1. The molecule has 2 saturated heterocycles. The molecule has 0 aliphatic carbocycles. The van der Waals surface area contributed by atoms with Gasteiger partial charge in [0.05, 0.1) is 12.2 Å². The van der Waals surface area contributed by atoms with Crippen molar-refractivity contribution in [2.24, 2.45) is 0 Å². The molecular formula is C27H37N3O3. The molecule has 2 fully saturated rings. The zero-order valence-electron chi connectivity index (χ0n) is 19.7. The summed E-state index contributed by atoms with van der Waals surface area (Å²) in [5.74, 6) is -0.134. The lowest BCUT2D eigenvalue weighted by Crippen LogP contribution is -2.50. The molecule has 0 aromatic heterocycles. The van der Waals surface area contributed by atoms with E-state index in [2.05, 4.69) is 40.1 Å². The molecule has 3 atom stereocenters. The van der Waals surface area contributed by atoms with Gasteiger partial charge in [0.15, 0.2) is 6.10 Å². The summed E-state index contributed by atoms with van der Waals surface area (Å²) >= 11 is 0. The summed E-state index contributed by atoms with van der Waals surface area (Å²) in [4.78, 5) is 19.6. The van der Waals surface area contributed by atoms with Crippen molar-refractivity contribution in [3.63, 3.8) is 0 Å². The number of nitrogens with zero attached hydrogens (tertiary/aromatic N) is 3. The summed E-state index contributed by atoms with van der Waals surface area (Å²) in [7, 11) is 1.78. The fourth-order valence-corrected chi connectivity index (χ4v) is 4.80. The molecule has 178 valence electrons. The first kappa shape index (κ1) is 23.9. The molecule has 2 aliphatic rings.